The van der Waals surface area contributed by atoms with Gasteiger partial charge in [-0.15, -0.1) is 0 Å². The van der Waals surface area contributed by atoms with E-state index in [0.717, 1.165) is 11.3 Å². The third-order valence-corrected chi connectivity index (χ3v) is 5.19. The fourth-order valence-corrected chi connectivity index (χ4v) is 3.53. The Morgan fingerprint density at radius 3 is 2.43 bits per heavy atom. The fourth-order valence-electron chi connectivity index (χ4n) is 3.53. The average molecular weight is 428 g/mol. The molecule has 30 heavy (non-hydrogen) atoms. The van der Waals surface area contributed by atoms with Crippen LogP contribution in [0.2, 0.25) is 0 Å². The molecule has 2 fully saturated rings. The van der Waals surface area contributed by atoms with E-state index in [-0.39, 0.29) is 18.2 Å². The molecule has 0 unspecified atom stereocenters. The molecular weight excluding hydrogens is 405 g/mol. The van der Waals surface area contributed by atoms with Crippen LogP contribution >= 0.6 is 0 Å². The Hall–Kier alpha value is -2.66. The Morgan fingerprint density at radius 2 is 1.93 bits per heavy atom. The van der Waals surface area contributed by atoms with Gasteiger partial charge < -0.3 is 20.7 Å². The van der Waals surface area contributed by atoms with Crippen molar-refractivity contribution in [1.82, 2.24) is 4.90 Å². The molecule has 3 N–H and O–H groups in total. The monoisotopic (exact) mass is 428 g/mol. The van der Waals surface area contributed by atoms with E-state index in [1.54, 1.807) is 12.1 Å². The number of carbonyl (C=O) groups excluding carboxylic acids is 3. The number of hydrogen-bond donors (Lipinski definition) is 2. The van der Waals surface area contributed by atoms with E-state index >= 15 is 0 Å². The van der Waals surface area contributed by atoms with Gasteiger partial charge in [0.1, 0.15) is 6.61 Å². The highest BCUT2D eigenvalue weighted by atomic mass is 19.4. The largest absolute Gasteiger partial charge is 0.401 e. The van der Waals surface area contributed by atoms with E-state index in [9.17, 15) is 27.6 Å². The predicted molar refractivity (Wildman–Crippen MR) is 102 cm³/mol. The van der Waals surface area contributed by atoms with Gasteiger partial charge in [0.05, 0.1) is 13.2 Å². The number of benzene rings is 1. The lowest BCUT2D eigenvalue weighted by molar-refractivity contribution is -0.165. The number of hydrogen-bond acceptors (Lipinski definition) is 5. The molecule has 8 nitrogen and oxygen atoms in total. The lowest BCUT2D eigenvalue weighted by Crippen LogP contribution is -2.59. The molecule has 0 bridgehead atoms. The smallest absolute Gasteiger partial charge is 0.370 e. The van der Waals surface area contributed by atoms with Gasteiger partial charge >= 0.3 is 6.18 Å². The molecule has 1 aromatic rings. The summed E-state index contributed by atoms with van der Waals surface area (Å²) in [4.78, 5) is 38.8. The number of anilines is 2. The molecule has 0 aromatic heterocycles. The second kappa shape index (κ2) is 9.00. The first kappa shape index (κ1) is 22.0. The van der Waals surface area contributed by atoms with Crippen molar-refractivity contribution in [3.8, 4) is 0 Å². The summed E-state index contributed by atoms with van der Waals surface area (Å²) in [5.74, 6) is -2.26. The number of carbonyl (C=O) groups is 3. The molecule has 1 aliphatic heterocycles. The van der Waals surface area contributed by atoms with Crippen LogP contribution in [0.1, 0.15) is 19.3 Å². The summed E-state index contributed by atoms with van der Waals surface area (Å²) in [6.07, 6.45) is -2.91. The zero-order valence-electron chi connectivity index (χ0n) is 16.2. The summed E-state index contributed by atoms with van der Waals surface area (Å²) in [5.41, 5.74) is 6.17. The van der Waals surface area contributed by atoms with E-state index in [1.807, 2.05) is 0 Å². The summed E-state index contributed by atoms with van der Waals surface area (Å²) in [6.45, 7) is -0.617. The molecule has 1 saturated carbocycles. The standard InChI is InChI=1S/C19H23F3N4O4/c20-19(21,22)11-26(13-2-1-3-13)16(17(23)28)18(29)24-12-4-6-14(7-5-12)25-8-9-30-10-15(25)27/h4-7,13,16H,1-3,8-11H2,(H2,23,28)(H,24,29)/t16-/m1/s1. The minimum Gasteiger partial charge on any atom is -0.370 e. The Kier molecular flexibility index (Phi) is 6.61. The van der Waals surface area contributed by atoms with Gasteiger partial charge in [0, 0.05) is 24.0 Å². The van der Waals surface area contributed by atoms with E-state index in [4.69, 9.17) is 10.5 Å². The van der Waals surface area contributed by atoms with Crippen LogP contribution in [0.25, 0.3) is 0 Å². The lowest BCUT2D eigenvalue weighted by Gasteiger charge is -2.40. The van der Waals surface area contributed by atoms with Crippen molar-refractivity contribution in [2.24, 2.45) is 5.73 Å². The average Bonchev–Trinajstić information content (AvgIpc) is 2.60. The molecule has 11 heteroatoms. The van der Waals surface area contributed by atoms with Gasteiger partial charge in [0.25, 0.3) is 11.8 Å². The van der Waals surface area contributed by atoms with Gasteiger partial charge in [-0.25, -0.2) is 0 Å². The van der Waals surface area contributed by atoms with Gasteiger partial charge in [0.2, 0.25) is 5.91 Å². The van der Waals surface area contributed by atoms with Crippen molar-refractivity contribution < 1.29 is 32.3 Å². The van der Waals surface area contributed by atoms with Gasteiger partial charge in [0.15, 0.2) is 6.04 Å². The summed E-state index contributed by atoms with van der Waals surface area (Å²) in [7, 11) is 0. The van der Waals surface area contributed by atoms with Gasteiger partial charge in [-0.05, 0) is 37.1 Å². The predicted octanol–water partition coefficient (Wildman–Crippen LogP) is 1.26. The maximum atomic E-state index is 13.0. The van der Waals surface area contributed by atoms with Crippen LogP contribution in [0.4, 0.5) is 24.5 Å². The first-order valence-corrected chi connectivity index (χ1v) is 9.56. The van der Waals surface area contributed by atoms with Gasteiger partial charge in [-0.3, -0.25) is 19.3 Å². The highest BCUT2D eigenvalue weighted by Gasteiger charge is 2.44. The molecule has 2 aliphatic rings. The summed E-state index contributed by atoms with van der Waals surface area (Å²) >= 11 is 0. The van der Waals surface area contributed by atoms with Crippen LogP contribution in [0, 0.1) is 0 Å². The second-order valence-corrected chi connectivity index (χ2v) is 7.31. The zero-order chi connectivity index (χ0) is 21.9. The number of nitrogens with zero attached hydrogens (tertiary/aromatic N) is 2. The highest BCUT2D eigenvalue weighted by Crippen LogP contribution is 2.30. The van der Waals surface area contributed by atoms with Crippen molar-refractivity contribution in [2.75, 3.05) is 36.5 Å². The molecule has 1 heterocycles. The Labute approximate surface area is 171 Å². The van der Waals surface area contributed by atoms with Crippen LogP contribution < -0.4 is 16.0 Å². The number of ether oxygens (including phenoxy) is 1. The number of morpholine rings is 1. The topological polar surface area (TPSA) is 105 Å². The van der Waals surface area contributed by atoms with Crippen molar-refractivity contribution in [3.05, 3.63) is 24.3 Å². The molecular formula is C19H23F3N4O4. The van der Waals surface area contributed by atoms with Gasteiger partial charge in [-0.1, -0.05) is 6.42 Å². The number of nitrogens with one attached hydrogen (secondary N) is 1. The first-order chi connectivity index (χ1) is 14.2. The van der Waals surface area contributed by atoms with E-state index in [2.05, 4.69) is 5.32 Å². The number of primary amides is 1. The first-order valence-electron chi connectivity index (χ1n) is 9.56. The number of amides is 3. The number of alkyl halides is 3. The molecule has 3 rings (SSSR count). The van der Waals surface area contributed by atoms with Gasteiger partial charge in [-0.2, -0.15) is 13.2 Å². The summed E-state index contributed by atoms with van der Waals surface area (Å²) in [5, 5.41) is 2.46. The van der Waals surface area contributed by atoms with Crippen LogP contribution in [-0.4, -0.2) is 67.2 Å². The molecule has 1 saturated heterocycles. The minimum absolute atomic E-state index is 0.0189. The molecule has 1 aliphatic carbocycles. The van der Waals surface area contributed by atoms with Crippen LogP contribution in [0.5, 0.6) is 0 Å². The van der Waals surface area contributed by atoms with Crippen LogP contribution in [0.3, 0.4) is 0 Å². The Morgan fingerprint density at radius 1 is 1.27 bits per heavy atom. The third kappa shape index (κ3) is 5.28. The lowest BCUT2D eigenvalue weighted by atomic mass is 9.90. The fraction of sp³-hybridized carbons (Fsp3) is 0.526. The maximum Gasteiger partial charge on any atom is 0.401 e. The molecule has 1 aromatic carbocycles. The molecule has 0 spiro atoms. The third-order valence-electron chi connectivity index (χ3n) is 5.19. The van der Waals surface area contributed by atoms with Crippen molar-refractivity contribution >= 4 is 29.1 Å². The van der Waals surface area contributed by atoms with Crippen LogP contribution in [-0.2, 0) is 19.1 Å². The number of halogens is 3. The second-order valence-electron chi connectivity index (χ2n) is 7.31. The van der Waals surface area contributed by atoms with E-state index < -0.39 is 36.6 Å². The highest BCUT2D eigenvalue weighted by molar-refractivity contribution is 6.09. The summed E-state index contributed by atoms with van der Waals surface area (Å²) < 4.78 is 44.2. The molecule has 1 atom stereocenters. The number of rotatable bonds is 7. The Bertz CT molecular complexity index is 796. The molecule has 164 valence electrons. The normalized spacial score (nSPS) is 18.8. The summed E-state index contributed by atoms with van der Waals surface area (Å²) in [6, 6.07) is 3.94. The maximum absolute atomic E-state index is 13.0. The van der Waals surface area contributed by atoms with Crippen molar-refractivity contribution in [1.29, 1.82) is 0 Å². The quantitative estimate of drug-likeness (QED) is 0.637. The SMILES string of the molecule is NC(=O)[C@H](C(=O)Nc1ccc(N2CCOCC2=O)cc1)N(CC(F)(F)F)C1CCC1. The van der Waals surface area contributed by atoms with Crippen molar-refractivity contribution in [3.63, 3.8) is 0 Å². The van der Waals surface area contributed by atoms with E-state index in [1.165, 1.54) is 17.0 Å². The van der Waals surface area contributed by atoms with E-state index in [0.29, 0.717) is 31.7 Å². The van der Waals surface area contributed by atoms with Crippen LogP contribution in [0.15, 0.2) is 24.3 Å². The molecule has 3 amide bonds. The number of nitrogens with two attached hydrogens (primary N) is 1. The Balaban J connectivity index is 1.72. The molecule has 0 radical (unpaired) electrons. The minimum atomic E-state index is -4.57. The zero-order valence-corrected chi connectivity index (χ0v) is 16.2. The van der Waals surface area contributed by atoms with Crippen molar-refractivity contribution in [2.45, 2.75) is 37.5 Å².